The number of nitrogens with one attached hydrogen (secondary N) is 2. The van der Waals surface area contributed by atoms with Crippen LogP contribution in [-0.4, -0.2) is 31.6 Å². The molecule has 2 atom stereocenters. The Labute approximate surface area is 118 Å². The molecule has 1 aliphatic heterocycles. The third kappa shape index (κ3) is 3.93. The van der Waals surface area contributed by atoms with Gasteiger partial charge in [-0.15, -0.1) is 0 Å². The lowest BCUT2D eigenvalue weighted by atomic mass is 9.88. The number of rotatable bonds is 6. The van der Waals surface area contributed by atoms with Crippen LogP contribution < -0.4 is 15.4 Å². The van der Waals surface area contributed by atoms with E-state index < -0.39 is 0 Å². The predicted molar refractivity (Wildman–Crippen MR) is 75.0 cm³/mol. The number of hydrogen-bond acceptors (Lipinski definition) is 3. The molecule has 20 heavy (non-hydrogen) atoms. The fourth-order valence-corrected chi connectivity index (χ4v) is 2.10. The molecule has 4 nitrogen and oxygen atoms in total. The van der Waals surface area contributed by atoms with Crippen LogP contribution in [0.25, 0.3) is 0 Å². The van der Waals surface area contributed by atoms with Crippen molar-refractivity contribution in [1.82, 2.24) is 10.6 Å². The zero-order valence-electron chi connectivity index (χ0n) is 11.9. The largest absolute Gasteiger partial charge is 0.489 e. The highest BCUT2D eigenvalue weighted by molar-refractivity contribution is 5.78. The number of hydrogen-bond donors (Lipinski definition) is 2. The summed E-state index contributed by atoms with van der Waals surface area (Å²) in [6.07, 6.45) is -0.201. The lowest BCUT2D eigenvalue weighted by Crippen LogP contribution is -2.50. The molecule has 1 aromatic rings. The number of halogens is 1. The second-order valence-electron chi connectivity index (χ2n) is 5.34. The van der Waals surface area contributed by atoms with E-state index in [1.54, 1.807) is 12.1 Å². The standard InChI is InChI=1S/C15H21FN2O2/c1-10(20-14-5-3-4-13(16)6-14)7-18-15(19)11(2)12-8-17-9-12/h3-6,10-12,17H,7-9H2,1-2H3,(H,18,19). The summed E-state index contributed by atoms with van der Waals surface area (Å²) in [7, 11) is 0. The second-order valence-corrected chi connectivity index (χ2v) is 5.34. The average Bonchev–Trinajstić information content (AvgIpc) is 2.33. The summed E-state index contributed by atoms with van der Waals surface area (Å²) < 4.78 is 18.6. The van der Waals surface area contributed by atoms with Crippen molar-refractivity contribution < 1.29 is 13.9 Å². The summed E-state index contributed by atoms with van der Waals surface area (Å²) in [6, 6.07) is 6.00. The highest BCUT2D eigenvalue weighted by atomic mass is 19.1. The zero-order chi connectivity index (χ0) is 14.5. The van der Waals surface area contributed by atoms with Crippen molar-refractivity contribution in [3.05, 3.63) is 30.1 Å². The normalized spacial score (nSPS) is 17.9. The van der Waals surface area contributed by atoms with Gasteiger partial charge in [0.25, 0.3) is 0 Å². The van der Waals surface area contributed by atoms with Gasteiger partial charge in [-0.3, -0.25) is 4.79 Å². The highest BCUT2D eigenvalue weighted by Gasteiger charge is 2.28. The van der Waals surface area contributed by atoms with Gasteiger partial charge in [-0.25, -0.2) is 4.39 Å². The lowest BCUT2D eigenvalue weighted by molar-refractivity contribution is -0.127. The molecule has 0 aliphatic carbocycles. The fourth-order valence-electron chi connectivity index (χ4n) is 2.10. The Balaban J connectivity index is 1.74. The molecule has 0 bridgehead atoms. The third-order valence-electron chi connectivity index (χ3n) is 3.63. The molecule has 0 aromatic heterocycles. The molecule has 2 rings (SSSR count). The van der Waals surface area contributed by atoms with E-state index in [2.05, 4.69) is 10.6 Å². The average molecular weight is 280 g/mol. The van der Waals surface area contributed by atoms with Crippen LogP contribution >= 0.6 is 0 Å². The molecule has 1 fully saturated rings. The Morgan fingerprint density at radius 2 is 2.25 bits per heavy atom. The van der Waals surface area contributed by atoms with Gasteiger partial charge >= 0.3 is 0 Å². The monoisotopic (exact) mass is 280 g/mol. The van der Waals surface area contributed by atoms with Crippen molar-refractivity contribution in [2.45, 2.75) is 20.0 Å². The summed E-state index contributed by atoms with van der Waals surface area (Å²) >= 11 is 0. The molecular weight excluding hydrogens is 259 g/mol. The van der Waals surface area contributed by atoms with E-state index in [-0.39, 0.29) is 23.7 Å². The zero-order valence-corrected chi connectivity index (χ0v) is 11.9. The first kappa shape index (κ1) is 14.8. The lowest BCUT2D eigenvalue weighted by Gasteiger charge is -2.32. The van der Waals surface area contributed by atoms with Crippen LogP contribution in [0.5, 0.6) is 5.75 Å². The van der Waals surface area contributed by atoms with Crippen LogP contribution in [0, 0.1) is 17.7 Å². The first-order valence-corrected chi connectivity index (χ1v) is 6.97. The van der Waals surface area contributed by atoms with Crippen molar-refractivity contribution in [3.8, 4) is 5.75 Å². The van der Waals surface area contributed by atoms with E-state index in [0.717, 1.165) is 13.1 Å². The van der Waals surface area contributed by atoms with Gasteiger partial charge in [0.05, 0.1) is 6.54 Å². The molecule has 2 N–H and O–H groups in total. The molecule has 110 valence electrons. The van der Waals surface area contributed by atoms with E-state index in [0.29, 0.717) is 18.2 Å². The van der Waals surface area contributed by atoms with Gasteiger partial charge in [0.1, 0.15) is 17.7 Å². The number of carbonyl (C=O) groups excluding carboxylic acids is 1. The second kappa shape index (κ2) is 6.70. The number of benzene rings is 1. The molecule has 0 radical (unpaired) electrons. The van der Waals surface area contributed by atoms with Crippen LogP contribution in [-0.2, 0) is 4.79 Å². The van der Waals surface area contributed by atoms with Crippen molar-refractivity contribution >= 4 is 5.91 Å². The number of amides is 1. The maximum atomic E-state index is 13.0. The van der Waals surface area contributed by atoms with Gasteiger partial charge in [0, 0.05) is 12.0 Å². The quantitative estimate of drug-likeness (QED) is 0.831. The first-order chi connectivity index (χ1) is 9.56. The summed E-state index contributed by atoms with van der Waals surface area (Å²) in [4.78, 5) is 11.9. The fraction of sp³-hybridized carbons (Fsp3) is 0.533. The van der Waals surface area contributed by atoms with E-state index in [4.69, 9.17) is 4.74 Å². The Morgan fingerprint density at radius 1 is 1.50 bits per heavy atom. The SMILES string of the molecule is CC(CNC(=O)C(C)C1CNC1)Oc1cccc(F)c1. The molecule has 1 saturated heterocycles. The van der Waals surface area contributed by atoms with Crippen LogP contribution in [0.15, 0.2) is 24.3 Å². The molecule has 2 unspecified atom stereocenters. The molecule has 5 heteroatoms. The van der Waals surface area contributed by atoms with E-state index in [1.807, 2.05) is 13.8 Å². The molecular formula is C15H21FN2O2. The minimum absolute atomic E-state index is 0.0117. The minimum Gasteiger partial charge on any atom is -0.489 e. The minimum atomic E-state index is -0.329. The van der Waals surface area contributed by atoms with Crippen LogP contribution in [0.3, 0.4) is 0 Å². The molecule has 1 amide bonds. The molecule has 1 heterocycles. The van der Waals surface area contributed by atoms with E-state index >= 15 is 0 Å². The first-order valence-electron chi connectivity index (χ1n) is 6.97. The van der Waals surface area contributed by atoms with Gasteiger partial charge in [0.15, 0.2) is 0 Å². The Hall–Kier alpha value is -1.62. The van der Waals surface area contributed by atoms with Gasteiger partial charge in [-0.2, -0.15) is 0 Å². The molecule has 1 aromatic carbocycles. The summed E-state index contributed by atoms with van der Waals surface area (Å²) in [5.41, 5.74) is 0. The van der Waals surface area contributed by atoms with Crippen LogP contribution in [0.2, 0.25) is 0 Å². The highest BCUT2D eigenvalue weighted by Crippen LogP contribution is 2.16. The van der Waals surface area contributed by atoms with Crippen LogP contribution in [0.1, 0.15) is 13.8 Å². The maximum Gasteiger partial charge on any atom is 0.223 e. The van der Waals surface area contributed by atoms with Gasteiger partial charge in [-0.05, 0) is 38.1 Å². The van der Waals surface area contributed by atoms with Gasteiger partial charge in [-0.1, -0.05) is 13.0 Å². The number of ether oxygens (including phenoxy) is 1. The number of carbonyl (C=O) groups is 1. The topological polar surface area (TPSA) is 50.4 Å². The van der Waals surface area contributed by atoms with Gasteiger partial charge < -0.3 is 15.4 Å². The predicted octanol–water partition coefficient (Wildman–Crippen LogP) is 1.56. The van der Waals surface area contributed by atoms with Crippen molar-refractivity contribution in [2.24, 2.45) is 11.8 Å². The maximum absolute atomic E-state index is 13.0. The third-order valence-corrected chi connectivity index (χ3v) is 3.63. The van der Waals surface area contributed by atoms with E-state index in [9.17, 15) is 9.18 Å². The van der Waals surface area contributed by atoms with Crippen molar-refractivity contribution in [2.75, 3.05) is 19.6 Å². The Bertz CT molecular complexity index is 463. The molecule has 0 spiro atoms. The summed E-state index contributed by atoms with van der Waals surface area (Å²) in [6.45, 7) is 6.02. The van der Waals surface area contributed by atoms with Crippen molar-refractivity contribution in [3.63, 3.8) is 0 Å². The van der Waals surface area contributed by atoms with E-state index in [1.165, 1.54) is 12.1 Å². The van der Waals surface area contributed by atoms with Gasteiger partial charge in [0.2, 0.25) is 5.91 Å². The van der Waals surface area contributed by atoms with Crippen LogP contribution in [0.4, 0.5) is 4.39 Å². The van der Waals surface area contributed by atoms with Crippen molar-refractivity contribution in [1.29, 1.82) is 0 Å². The molecule has 1 aliphatic rings. The summed E-state index contributed by atoms with van der Waals surface area (Å²) in [5, 5.41) is 6.04. The summed E-state index contributed by atoms with van der Waals surface area (Å²) in [5.74, 6) is 0.631. The Morgan fingerprint density at radius 3 is 2.85 bits per heavy atom. The molecule has 0 saturated carbocycles. The smallest absolute Gasteiger partial charge is 0.223 e. The Kier molecular flexibility index (Phi) is 4.95.